The quantitative estimate of drug-likeness (QED) is 0.102. The number of likely N-dealkylation sites (N-methyl/N-ethyl adjacent to an activating group) is 1. The summed E-state index contributed by atoms with van der Waals surface area (Å²) in [6, 6.07) is 22.6. The van der Waals surface area contributed by atoms with Crippen LogP contribution >= 0.6 is 0 Å². The molecule has 0 saturated heterocycles. The summed E-state index contributed by atoms with van der Waals surface area (Å²) in [5, 5.41) is 39.7. The van der Waals surface area contributed by atoms with E-state index in [1.807, 2.05) is 25.1 Å². The number of benzene rings is 4. The lowest BCUT2D eigenvalue weighted by molar-refractivity contribution is -0.141. The number of amides is 3. The van der Waals surface area contributed by atoms with Gasteiger partial charge in [-0.3, -0.25) is 14.4 Å². The molecule has 1 heterocycles. The largest absolute Gasteiger partial charge is 0.507 e. The number of fused-ring (bicyclic) bond motifs is 5. The van der Waals surface area contributed by atoms with Crippen molar-refractivity contribution in [3.63, 3.8) is 0 Å². The number of phenolic OH excluding ortho intramolecular Hbond substituents is 2. The number of phenols is 2. The van der Waals surface area contributed by atoms with Crippen molar-refractivity contribution in [3.8, 4) is 33.8 Å². The molecule has 2 atom stereocenters. The van der Waals surface area contributed by atoms with Crippen LogP contribution in [-0.2, 0) is 27.2 Å². The van der Waals surface area contributed by atoms with Gasteiger partial charge in [-0.25, -0.2) is 4.79 Å². The number of carbonyl (C=O) groups is 4. The number of allylic oxidation sites excluding steroid dienone is 1. The van der Waals surface area contributed by atoms with E-state index < -0.39 is 36.4 Å². The first kappa shape index (κ1) is 39.1. The number of rotatable bonds is 12. The minimum atomic E-state index is -1.31. The molecule has 4 aromatic rings. The second-order valence-electron chi connectivity index (χ2n) is 13.6. The van der Waals surface area contributed by atoms with Crippen LogP contribution in [0, 0.1) is 0 Å². The standard InChI is InChI=1S/C43H48N4O7/c1-4-6-8-27-10-13-29(14-11-27)30-15-17-31(18-16-30)41(51)44-25-33(9-7-5-2)47(3)40-32-19-21-38(49)35(24-32)34-22-28(12-20-37(34)48)23-36(43(53)54)46-39(50)26-45-42(40)52/h9-22,24,36,40,48-49H,4-8,23,25-26H2,1-3H3,(H,44,51)(H,45,52)(H,46,50)(H,53,54)/b33-9+/t36-,40?/m0/s1. The molecule has 54 heavy (non-hydrogen) atoms. The molecule has 11 nitrogen and oxygen atoms in total. The summed E-state index contributed by atoms with van der Waals surface area (Å²) in [6.45, 7) is 3.78. The van der Waals surface area contributed by atoms with Crippen molar-refractivity contribution in [1.29, 1.82) is 0 Å². The van der Waals surface area contributed by atoms with E-state index in [9.17, 15) is 34.5 Å². The second-order valence-corrected chi connectivity index (χ2v) is 13.6. The average Bonchev–Trinajstić information content (AvgIpc) is 3.17. The number of aliphatic carboxylic acids is 1. The molecule has 282 valence electrons. The zero-order chi connectivity index (χ0) is 38.8. The van der Waals surface area contributed by atoms with Crippen molar-refractivity contribution >= 4 is 23.7 Å². The summed E-state index contributed by atoms with van der Waals surface area (Å²) >= 11 is 0. The highest BCUT2D eigenvalue weighted by Gasteiger charge is 2.30. The topological polar surface area (TPSA) is 168 Å². The molecule has 0 aromatic heterocycles. The Bertz CT molecular complexity index is 2010. The molecule has 1 aliphatic rings. The van der Waals surface area contributed by atoms with Crippen LogP contribution in [0.5, 0.6) is 11.5 Å². The highest BCUT2D eigenvalue weighted by molar-refractivity contribution is 5.95. The number of aromatic hydroxyl groups is 2. The SMILES string of the molecule is CCC/C=C(\CNC(=O)c1ccc(-c2ccc(CCCC)cc2)cc1)N(C)C1C(=O)NCC(=O)N[C@H](C(=O)O)Cc2ccc(O)c(c2)-c2cc1ccc2O. The molecule has 6 N–H and O–H groups in total. The number of aryl methyl sites for hydroxylation is 1. The molecule has 0 aliphatic carbocycles. The van der Waals surface area contributed by atoms with Gasteiger partial charge in [0, 0.05) is 35.9 Å². The summed E-state index contributed by atoms with van der Waals surface area (Å²) < 4.78 is 0. The van der Waals surface area contributed by atoms with Gasteiger partial charge in [0.15, 0.2) is 0 Å². The third kappa shape index (κ3) is 9.65. The second kappa shape index (κ2) is 18.1. The maximum Gasteiger partial charge on any atom is 0.326 e. The van der Waals surface area contributed by atoms with Gasteiger partial charge in [-0.2, -0.15) is 0 Å². The van der Waals surface area contributed by atoms with E-state index in [1.165, 1.54) is 17.7 Å². The predicted molar refractivity (Wildman–Crippen MR) is 208 cm³/mol. The van der Waals surface area contributed by atoms with E-state index in [4.69, 9.17) is 0 Å². The van der Waals surface area contributed by atoms with Gasteiger partial charge in [0.25, 0.3) is 5.91 Å². The van der Waals surface area contributed by atoms with Crippen LogP contribution in [0.4, 0.5) is 0 Å². The Balaban J connectivity index is 1.41. The highest BCUT2D eigenvalue weighted by Crippen LogP contribution is 2.39. The fraction of sp³-hybridized carbons (Fsp3) is 0.302. The summed E-state index contributed by atoms with van der Waals surface area (Å²) in [6.07, 6.45) is 6.63. The summed E-state index contributed by atoms with van der Waals surface area (Å²) in [4.78, 5) is 54.1. The molecule has 0 saturated carbocycles. The summed E-state index contributed by atoms with van der Waals surface area (Å²) in [5.74, 6) is -3.16. The molecule has 0 spiro atoms. The molecule has 3 amide bonds. The van der Waals surface area contributed by atoms with Gasteiger partial charge in [0.2, 0.25) is 11.8 Å². The number of unbranched alkanes of at least 4 members (excludes halogenated alkanes) is 2. The van der Waals surface area contributed by atoms with Gasteiger partial charge in [0.05, 0.1) is 13.1 Å². The van der Waals surface area contributed by atoms with E-state index in [-0.39, 0.29) is 41.5 Å². The monoisotopic (exact) mass is 732 g/mol. The van der Waals surface area contributed by atoms with Crippen molar-refractivity contribution in [2.75, 3.05) is 20.1 Å². The fourth-order valence-corrected chi connectivity index (χ4v) is 6.51. The Kier molecular flexibility index (Phi) is 13.1. The van der Waals surface area contributed by atoms with Gasteiger partial charge in [-0.1, -0.05) is 81.3 Å². The molecule has 1 unspecified atom stereocenters. The van der Waals surface area contributed by atoms with Crippen LogP contribution in [0.15, 0.2) is 96.7 Å². The van der Waals surface area contributed by atoms with Crippen molar-refractivity contribution in [1.82, 2.24) is 20.9 Å². The summed E-state index contributed by atoms with van der Waals surface area (Å²) in [7, 11) is 1.70. The normalized spacial score (nSPS) is 16.1. The Hall–Kier alpha value is -6.10. The van der Waals surface area contributed by atoms with Gasteiger partial charge >= 0.3 is 5.97 Å². The molecule has 4 aromatic carbocycles. The maximum atomic E-state index is 14.0. The lowest BCUT2D eigenvalue weighted by Crippen LogP contribution is -2.48. The van der Waals surface area contributed by atoms with Crippen LogP contribution in [0.3, 0.4) is 0 Å². The molecule has 1 aliphatic heterocycles. The first-order chi connectivity index (χ1) is 26.0. The van der Waals surface area contributed by atoms with E-state index in [0.29, 0.717) is 28.8 Å². The molecular formula is C43H48N4O7. The molecule has 11 heteroatoms. The van der Waals surface area contributed by atoms with E-state index >= 15 is 0 Å². The van der Waals surface area contributed by atoms with Crippen molar-refractivity contribution in [3.05, 3.63) is 119 Å². The predicted octanol–water partition coefficient (Wildman–Crippen LogP) is 6.10. The van der Waals surface area contributed by atoms with Crippen LogP contribution < -0.4 is 16.0 Å². The number of hydrogen-bond acceptors (Lipinski definition) is 7. The Morgan fingerprint density at radius 1 is 0.870 bits per heavy atom. The van der Waals surface area contributed by atoms with E-state index in [1.54, 1.807) is 48.3 Å². The van der Waals surface area contributed by atoms with Gasteiger partial charge in [-0.05, 0) is 83.5 Å². The molecule has 4 bridgehead atoms. The third-order valence-corrected chi connectivity index (χ3v) is 9.62. The fourth-order valence-electron chi connectivity index (χ4n) is 6.51. The zero-order valence-electron chi connectivity index (χ0n) is 30.9. The van der Waals surface area contributed by atoms with Crippen LogP contribution in [0.2, 0.25) is 0 Å². The first-order valence-corrected chi connectivity index (χ1v) is 18.3. The Morgan fingerprint density at radius 2 is 1.52 bits per heavy atom. The van der Waals surface area contributed by atoms with Gasteiger partial charge in [-0.15, -0.1) is 0 Å². The minimum absolute atomic E-state index is 0.0780. The van der Waals surface area contributed by atoms with Crippen molar-refractivity contribution < 1.29 is 34.5 Å². The number of carbonyl (C=O) groups excluding carboxylic acids is 3. The number of carboxylic acid groups (broad SMARTS) is 1. The molecule has 0 fully saturated rings. The zero-order valence-corrected chi connectivity index (χ0v) is 30.9. The summed E-state index contributed by atoms with van der Waals surface area (Å²) in [5.41, 5.74) is 5.86. The van der Waals surface area contributed by atoms with Crippen molar-refractivity contribution in [2.45, 2.75) is 64.5 Å². The van der Waals surface area contributed by atoms with E-state index in [0.717, 1.165) is 36.8 Å². The highest BCUT2D eigenvalue weighted by atomic mass is 16.4. The molecule has 5 rings (SSSR count). The van der Waals surface area contributed by atoms with Crippen molar-refractivity contribution in [2.24, 2.45) is 0 Å². The minimum Gasteiger partial charge on any atom is -0.507 e. The van der Waals surface area contributed by atoms with E-state index in [2.05, 4.69) is 47.1 Å². The van der Waals surface area contributed by atoms with Gasteiger partial charge in [0.1, 0.15) is 23.6 Å². The molecular weight excluding hydrogens is 684 g/mol. The smallest absolute Gasteiger partial charge is 0.326 e. The third-order valence-electron chi connectivity index (χ3n) is 9.62. The number of nitrogens with one attached hydrogen (secondary N) is 3. The lowest BCUT2D eigenvalue weighted by Gasteiger charge is -2.32. The Labute approximate surface area is 315 Å². The number of hydrogen-bond donors (Lipinski definition) is 6. The van der Waals surface area contributed by atoms with Crippen LogP contribution in [-0.4, -0.2) is 70.1 Å². The van der Waals surface area contributed by atoms with Crippen LogP contribution in [0.1, 0.15) is 72.6 Å². The number of nitrogens with zero attached hydrogens (tertiary/aromatic N) is 1. The van der Waals surface area contributed by atoms with Gasteiger partial charge < -0.3 is 36.2 Å². The average molecular weight is 733 g/mol. The van der Waals surface area contributed by atoms with Crippen LogP contribution in [0.25, 0.3) is 22.3 Å². The number of carboxylic acids is 1. The Morgan fingerprint density at radius 3 is 2.17 bits per heavy atom. The first-order valence-electron chi connectivity index (χ1n) is 18.3. The lowest BCUT2D eigenvalue weighted by atomic mass is 9.94. The molecule has 0 radical (unpaired) electrons. The maximum absolute atomic E-state index is 14.0.